The maximum Gasteiger partial charge on any atom is 0.373 e. The summed E-state index contributed by atoms with van der Waals surface area (Å²) >= 11 is 0. The van der Waals surface area contributed by atoms with E-state index >= 15 is 0 Å². The molecule has 1 aromatic carbocycles. The highest BCUT2D eigenvalue weighted by Gasteiger charge is 2.51. The van der Waals surface area contributed by atoms with Gasteiger partial charge in [-0.25, -0.2) is 4.98 Å². The molecule has 0 amide bonds. The van der Waals surface area contributed by atoms with Gasteiger partial charge in [-0.1, -0.05) is 38.5 Å². The van der Waals surface area contributed by atoms with Gasteiger partial charge in [-0.2, -0.15) is 4.98 Å². The van der Waals surface area contributed by atoms with E-state index in [1.54, 1.807) is 12.1 Å². The van der Waals surface area contributed by atoms with Crippen LogP contribution in [0.5, 0.6) is 11.6 Å². The van der Waals surface area contributed by atoms with E-state index in [0.29, 0.717) is 11.6 Å². The fraction of sp³-hybridized carbons (Fsp3) is 0.524. The van der Waals surface area contributed by atoms with Crippen LogP contribution in [0.15, 0.2) is 30.6 Å². The first-order valence-corrected chi connectivity index (χ1v) is 9.66. The van der Waals surface area contributed by atoms with Gasteiger partial charge in [0.15, 0.2) is 0 Å². The van der Waals surface area contributed by atoms with Gasteiger partial charge in [-0.15, -0.1) is 0 Å². The molecule has 7 heteroatoms. The molecule has 1 aliphatic heterocycles. The van der Waals surface area contributed by atoms with Crippen molar-refractivity contribution in [1.82, 2.24) is 9.97 Å². The van der Waals surface area contributed by atoms with Gasteiger partial charge in [-0.05, 0) is 49.1 Å². The topological polar surface area (TPSA) is 81.4 Å². The molecule has 28 heavy (non-hydrogen) atoms. The molecule has 148 valence electrons. The third kappa shape index (κ3) is 3.41. The first-order valence-electron chi connectivity index (χ1n) is 9.66. The lowest BCUT2D eigenvalue weighted by Crippen LogP contribution is -2.35. The third-order valence-corrected chi connectivity index (χ3v) is 5.87. The highest BCUT2D eigenvalue weighted by molar-refractivity contribution is 5.64. The van der Waals surface area contributed by atoms with Crippen molar-refractivity contribution in [2.24, 2.45) is 10.8 Å². The maximum absolute atomic E-state index is 12.0. The number of anilines is 1. The van der Waals surface area contributed by atoms with Gasteiger partial charge in [0.25, 0.3) is 0 Å². The molecule has 1 aromatic heterocycles. The Morgan fingerprint density at radius 1 is 1.18 bits per heavy atom. The van der Waals surface area contributed by atoms with Crippen LogP contribution in [-0.2, 0) is 0 Å². The van der Waals surface area contributed by atoms with Gasteiger partial charge in [0.2, 0.25) is 5.82 Å². The van der Waals surface area contributed by atoms with Crippen molar-refractivity contribution in [2.75, 3.05) is 11.4 Å². The van der Waals surface area contributed by atoms with Crippen molar-refractivity contribution < 1.29 is 9.66 Å². The highest BCUT2D eigenvalue weighted by atomic mass is 16.6. The second-order valence-electron chi connectivity index (χ2n) is 9.36. The number of hydrogen-bond acceptors (Lipinski definition) is 6. The predicted molar refractivity (Wildman–Crippen MR) is 107 cm³/mol. The molecule has 2 unspecified atom stereocenters. The number of nitrogens with zero attached hydrogens (tertiary/aromatic N) is 4. The van der Waals surface area contributed by atoms with Gasteiger partial charge in [0, 0.05) is 12.6 Å². The zero-order valence-corrected chi connectivity index (χ0v) is 16.8. The number of benzene rings is 1. The summed E-state index contributed by atoms with van der Waals surface area (Å²) in [4.78, 5) is 22.1. The van der Waals surface area contributed by atoms with E-state index in [0.717, 1.165) is 31.4 Å². The second kappa shape index (κ2) is 6.43. The Balaban J connectivity index is 1.72. The van der Waals surface area contributed by atoms with Crippen LogP contribution < -0.4 is 9.64 Å². The lowest BCUT2D eigenvalue weighted by Gasteiger charge is -2.39. The van der Waals surface area contributed by atoms with Gasteiger partial charge < -0.3 is 9.64 Å². The predicted octanol–water partition coefficient (Wildman–Crippen LogP) is 4.89. The van der Waals surface area contributed by atoms with Crippen molar-refractivity contribution in [3.8, 4) is 11.6 Å². The maximum atomic E-state index is 12.0. The minimum Gasteiger partial charge on any atom is -0.434 e. The van der Waals surface area contributed by atoms with Crippen LogP contribution in [0.1, 0.15) is 45.6 Å². The van der Waals surface area contributed by atoms with Gasteiger partial charge in [-0.3, -0.25) is 10.1 Å². The lowest BCUT2D eigenvalue weighted by atomic mass is 9.65. The average molecular weight is 382 g/mol. The number of aromatic nitrogens is 2. The van der Waals surface area contributed by atoms with E-state index in [1.165, 1.54) is 6.33 Å². The minimum absolute atomic E-state index is 0.00952. The molecule has 2 bridgehead atoms. The van der Waals surface area contributed by atoms with Crippen LogP contribution in [0.4, 0.5) is 11.5 Å². The number of hydrogen-bond donors (Lipinski definition) is 0. The average Bonchev–Trinajstić information content (AvgIpc) is 2.85. The van der Waals surface area contributed by atoms with Crippen LogP contribution in [0.25, 0.3) is 0 Å². The van der Waals surface area contributed by atoms with Crippen molar-refractivity contribution in [3.63, 3.8) is 0 Å². The summed E-state index contributed by atoms with van der Waals surface area (Å²) in [6.45, 7) is 9.57. The molecule has 1 saturated carbocycles. The normalized spacial score (nSPS) is 25.6. The smallest absolute Gasteiger partial charge is 0.373 e. The van der Waals surface area contributed by atoms with E-state index in [4.69, 9.17) is 4.74 Å². The monoisotopic (exact) mass is 382 g/mol. The summed E-state index contributed by atoms with van der Waals surface area (Å²) in [5.41, 5.74) is 1.29. The molecule has 1 aliphatic carbocycles. The van der Waals surface area contributed by atoms with E-state index in [2.05, 4.69) is 35.6 Å². The van der Waals surface area contributed by atoms with Crippen molar-refractivity contribution in [2.45, 2.75) is 53.0 Å². The molecule has 2 aromatic rings. The number of nitro groups is 1. The van der Waals surface area contributed by atoms with E-state index < -0.39 is 4.92 Å². The van der Waals surface area contributed by atoms with E-state index in [-0.39, 0.29) is 28.4 Å². The van der Waals surface area contributed by atoms with Crippen LogP contribution in [-0.4, -0.2) is 27.5 Å². The molecule has 7 nitrogen and oxygen atoms in total. The summed E-state index contributed by atoms with van der Waals surface area (Å²) in [6, 6.07) is 7.61. The van der Waals surface area contributed by atoms with E-state index in [1.807, 2.05) is 19.1 Å². The quantitative estimate of drug-likeness (QED) is 0.553. The molecule has 0 spiro atoms. The Labute approximate surface area is 164 Å². The van der Waals surface area contributed by atoms with Crippen LogP contribution in [0.2, 0.25) is 0 Å². The Hall–Kier alpha value is -2.70. The van der Waals surface area contributed by atoms with Gasteiger partial charge in [0.1, 0.15) is 12.1 Å². The molecule has 0 radical (unpaired) electrons. The molecule has 2 atom stereocenters. The number of fused-ring (bicyclic) bond motifs is 2. The third-order valence-electron chi connectivity index (χ3n) is 5.87. The zero-order chi connectivity index (χ0) is 20.1. The molecule has 2 heterocycles. The Morgan fingerprint density at radius 3 is 2.57 bits per heavy atom. The van der Waals surface area contributed by atoms with Crippen LogP contribution >= 0.6 is 0 Å². The summed E-state index contributed by atoms with van der Waals surface area (Å²) in [7, 11) is 0. The SMILES string of the molecule is Cc1ccc(Oc2ncnc(N3CC4(C)CC3CC(C)(C)C4)c2[N+](=O)[O-])cc1. The van der Waals surface area contributed by atoms with Gasteiger partial charge in [0.05, 0.1) is 4.92 Å². The zero-order valence-electron chi connectivity index (χ0n) is 16.8. The molecule has 2 aliphatic rings. The van der Waals surface area contributed by atoms with Crippen molar-refractivity contribution in [3.05, 3.63) is 46.3 Å². The fourth-order valence-corrected chi connectivity index (χ4v) is 5.22. The number of aryl methyl sites for hydroxylation is 1. The molecule has 0 N–H and O–H groups in total. The first-order chi connectivity index (χ1) is 13.2. The summed E-state index contributed by atoms with van der Waals surface area (Å²) in [5, 5.41) is 12.0. The fourth-order valence-electron chi connectivity index (χ4n) is 5.22. The number of ether oxygens (including phenoxy) is 1. The molecular weight excluding hydrogens is 356 g/mol. The molecule has 4 rings (SSSR count). The highest BCUT2D eigenvalue weighted by Crippen LogP contribution is 2.54. The Bertz CT molecular complexity index is 912. The van der Waals surface area contributed by atoms with Crippen molar-refractivity contribution in [1.29, 1.82) is 0 Å². The lowest BCUT2D eigenvalue weighted by molar-refractivity contribution is -0.385. The van der Waals surface area contributed by atoms with Gasteiger partial charge >= 0.3 is 11.6 Å². The molecule has 1 saturated heterocycles. The minimum atomic E-state index is -0.422. The van der Waals surface area contributed by atoms with Crippen LogP contribution in [0.3, 0.4) is 0 Å². The van der Waals surface area contributed by atoms with Crippen molar-refractivity contribution >= 4 is 11.5 Å². The summed E-state index contributed by atoms with van der Waals surface area (Å²) < 4.78 is 5.78. The van der Waals surface area contributed by atoms with Crippen LogP contribution in [0, 0.1) is 27.9 Å². The summed E-state index contributed by atoms with van der Waals surface area (Å²) in [6.07, 6.45) is 4.50. The Kier molecular flexibility index (Phi) is 4.28. The largest absolute Gasteiger partial charge is 0.434 e. The second-order valence-corrected chi connectivity index (χ2v) is 9.36. The first kappa shape index (κ1) is 18.7. The summed E-state index contributed by atoms with van der Waals surface area (Å²) in [5.74, 6) is 0.879. The van der Waals surface area contributed by atoms with E-state index in [9.17, 15) is 10.1 Å². The molecular formula is C21H26N4O3. The molecule has 2 fully saturated rings. The standard InChI is InChI=1S/C21H26N4O3/c1-14-5-7-16(8-6-14)28-19-17(25(26)27)18(22-13-23-19)24-12-21(4)10-15(24)9-20(2,3)11-21/h5-8,13,15H,9-12H2,1-4H3. The number of rotatable bonds is 4. The Morgan fingerprint density at radius 2 is 1.89 bits per heavy atom.